The van der Waals surface area contributed by atoms with E-state index in [2.05, 4.69) is 23.3 Å². The lowest BCUT2D eigenvalue weighted by atomic mass is 10.00. The molecule has 100 valence electrons. The van der Waals surface area contributed by atoms with Crippen LogP contribution in [0.4, 0.5) is 0 Å². The molecule has 0 saturated carbocycles. The van der Waals surface area contributed by atoms with E-state index in [0.717, 1.165) is 26.0 Å². The fraction of sp³-hybridized carbons (Fsp3) is 0.667. The molecular formula is C15H24N2O. The van der Waals surface area contributed by atoms with Gasteiger partial charge in [-0.15, -0.1) is 0 Å². The molecule has 1 aromatic heterocycles. The number of hydrogen-bond donors (Lipinski definition) is 1. The lowest BCUT2D eigenvalue weighted by Gasteiger charge is -2.21. The highest BCUT2D eigenvalue weighted by molar-refractivity contribution is 5.10. The van der Waals surface area contributed by atoms with Crippen LogP contribution in [0.3, 0.4) is 0 Å². The van der Waals surface area contributed by atoms with Gasteiger partial charge in [0.15, 0.2) is 0 Å². The smallest absolute Gasteiger partial charge is 0.0590 e. The van der Waals surface area contributed by atoms with E-state index in [1.807, 2.05) is 18.5 Å². The van der Waals surface area contributed by atoms with Crippen molar-refractivity contribution in [2.24, 2.45) is 0 Å². The molecule has 0 spiro atoms. The third-order valence-electron chi connectivity index (χ3n) is 3.46. The summed E-state index contributed by atoms with van der Waals surface area (Å²) in [5, 5.41) is 3.64. The summed E-state index contributed by atoms with van der Waals surface area (Å²) in [5.41, 5.74) is 1.31. The number of pyridine rings is 1. The maximum absolute atomic E-state index is 5.75. The van der Waals surface area contributed by atoms with Gasteiger partial charge in [-0.3, -0.25) is 4.98 Å². The Labute approximate surface area is 110 Å². The molecule has 1 N–H and O–H groups in total. The van der Waals surface area contributed by atoms with Crippen LogP contribution in [0.2, 0.25) is 0 Å². The number of aromatic nitrogens is 1. The summed E-state index contributed by atoms with van der Waals surface area (Å²) < 4.78 is 5.75. The molecule has 1 aromatic rings. The average Bonchev–Trinajstić information content (AvgIpc) is 2.90. The molecule has 0 radical (unpaired) electrons. The quantitative estimate of drug-likeness (QED) is 0.805. The second kappa shape index (κ2) is 7.49. The van der Waals surface area contributed by atoms with E-state index in [0.29, 0.717) is 12.1 Å². The fourth-order valence-corrected chi connectivity index (χ4v) is 2.54. The van der Waals surface area contributed by atoms with Crippen molar-refractivity contribution in [2.75, 3.05) is 13.2 Å². The van der Waals surface area contributed by atoms with Crippen molar-refractivity contribution >= 4 is 0 Å². The minimum atomic E-state index is 0.455. The van der Waals surface area contributed by atoms with E-state index in [1.54, 1.807) is 0 Å². The first-order chi connectivity index (χ1) is 8.88. The van der Waals surface area contributed by atoms with E-state index in [-0.39, 0.29) is 0 Å². The van der Waals surface area contributed by atoms with E-state index >= 15 is 0 Å². The largest absolute Gasteiger partial charge is 0.378 e. The van der Waals surface area contributed by atoms with Gasteiger partial charge in [-0.05, 0) is 50.3 Å². The maximum Gasteiger partial charge on any atom is 0.0590 e. The highest BCUT2D eigenvalue weighted by atomic mass is 16.5. The maximum atomic E-state index is 5.75. The van der Waals surface area contributed by atoms with Crippen LogP contribution in [0.15, 0.2) is 24.5 Å². The zero-order valence-corrected chi connectivity index (χ0v) is 11.3. The van der Waals surface area contributed by atoms with Gasteiger partial charge in [0.2, 0.25) is 0 Å². The Hall–Kier alpha value is -0.930. The zero-order chi connectivity index (χ0) is 12.6. The first-order valence-electron chi connectivity index (χ1n) is 7.12. The average molecular weight is 248 g/mol. The summed E-state index contributed by atoms with van der Waals surface area (Å²) in [5.74, 6) is 0. The molecular weight excluding hydrogens is 224 g/mol. The summed E-state index contributed by atoms with van der Waals surface area (Å²) in [6, 6.07) is 4.68. The minimum absolute atomic E-state index is 0.455. The summed E-state index contributed by atoms with van der Waals surface area (Å²) in [6.45, 7) is 4.23. The summed E-state index contributed by atoms with van der Waals surface area (Å²) in [7, 11) is 0. The van der Waals surface area contributed by atoms with Gasteiger partial charge >= 0.3 is 0 Å². The van der Waals surface area contributed by atoms with Crippen molar-refractivity contribution < 1.29 is 4.74 Å². The molecule has 3 nitrogen and oxygen atoms in total. The summed E-state index contributed by atoms with van der Waals surface area (Å²) in [4.78, 5) is 4.19. The van der Waals surface area contributed by atoms with Crippen LogP contribution in [0.5, 0.6) is 0 Å². The van der Waals surface area contributed by atoms with E-state index < -0.39 is 0 Å². The van der Waals surface area contributed by atoms with Gasteiger partial charge in [-0.2, -0.15) is 0 Å². The third kappa shape index (κ3) is 4.39. The molecule has 1 fully saturated rings. The first-order valence-corrected chi connectivity index (χ1v) is 7.12. The molecule has 0 aliphatic carbocycles. The van der Waals surface area contributed by atoms with E-state index in [9.17, 15) is 0 Å². The van der Waals surface area contributed by atoms with Crippen LogP contribution < -0.4 is 5.32 Å². The monoisotopic (exact) mass is 248 g/mol. The van der Waals surface area contributed by atoms with Gasteiger partial charge in [-0.1, -0.05) is 13.0 Å². The SMILES string of the molecule is CCCNC(Cc1cccnc1)CC1CCCO1. The first kappa shape index (κ1) is 13.5. The summed E-state index contributed by atoms with van der Waals surface area (Å²) in [6.07, 6.45) is 10.0. The van der Waals surface area contributed by atoms with Crippen LogP contribution >= 0.6 is 0 Å². The Morgan fingerprint density at radius 1 is 1.56 bits per heavy atom. The molecule has 2 atom stereocenters. The van der Waals surface area contributed by atoms with Crippen LogP contribution in [0.25, 0.3) is 0 Å². The van der Waals surface area contributed by atoms with Gasteiger partial charge in [0.1, 0.15) is 0 Å². The van der Waals surface area contributed by atoms with Crippen LogP contribution in [-0.2, 0) is 11.2 Å². The Kier molecular flexibility index (Phi) is 5.62. The minimum Gasteiger partial charge on any atom is -0.378 e. The summed E-state index contributed by atoms with van der Waals surface area (Å²) >= 11 is 0. The van der Waals surface area contributed by atoms with Crippen molar-refractivity contribution in [3.8, 4) is 0 Å². The number of rotatable bonds is 7. The van der Waals surface area contributed by atoms with Gasteiger partial charge in [0.25, 0.3) is 0 Å². The molecule has 2 rings (SSSR count). The van der Waals surface area contributed by atoms with E-state index in [4.69, 9.17) is 4.74 Å². The highest BCUT2D eigenvalue weighted by Crippen LogP contribution is 2.18. The van der Waals surface area contributed by atoms with Gasteiger partial charge in [0.05, 0.1) is 6.10 Å². The number of ether oxygens (including phenoxy) is 1. The van der Waals surface area contributed by atoms with Crippen LogP contribution in [-0.4, -0.2) is 30.3 Å². The van der Waals surface area contributed by atoms with Crippen molar-refractivity contribution in [3.05, 3.63) is 30.1 Å². The lowest BCUT2D eigenvalue weighted by molar-refractivity contribution is 0.0946. The second-order valence-corrected chi connectivity index (χ2v) is 5.09. The van der Waals surface area contributed by atoms with Gasteiger partial charge < -0.3 is 10.1 Å². The fourth-order valence-electron chi connectivity index (χ4n) is 2.54. The normalized spacial score (nSPS) is 21.1. The van der Waals surface area contributed by atoms with Crippen molar-refractivity contribution in [3.63, 3.8) is 0 Å². The topological polar surface area (TPSA) is 34.2 Å². The Morgan fingerprint density at radius 2 is 2.50 bits per heavy atom. The molecule has 18 heavy (non-hydrogen) atoms. The Morgan fingerprint density at radius 3 is 3.17 bits per heavy atom. The van der Waals surface area contributed by atoms with E-state index in [1.165, 1.54) is 24.8 Å². The molecule has 2 unspecified atom stereocenters. The van der Waals surface area contributed by atoms with Gasteiger partial charge in [0, 0.05) is 25.0 Å². The predicted molar refractivity (Wildman–Crippen MR) is 73.6 cm³/mol. The second-order valence-electron chi connectivity index (χ2n) is 5.09. The molecule has 3 heteroatoms. The molecule has 0 bridgehead atoms. The van der Waals surface area contributed by atoms with Gasteiger partial charge in [-0.25, -0.2) is 0 Å². The Balaban J connectivity index is 1.87. The number of nitrogens with zero attached hydrogens (tertiary/aromatic N) is 1. The molecule has 0 amide bonds. The zero-order valence-electron chi connectivity index (χ0n) is 11.3. The van der Waals surface area contributed by atoms with Crippen molar-refractivity contribution in [1.82, 2.24) is 10.3 Å². The molecule has 2 heterocycles. The highest BCUT2D eigenvalue weighted by Gasteiger charge is 2.20. The lowest BCUT2D eigenvalue weighted by Crippen LogP contribution is -2.35. The molecule has 1 aliphatic rings. The van der Waals surface area contributed by atoms with Crippen molar-refractivity contribution in [1.29, 1.82) is 0 Å². The third-order valence-corrected chi connectivity index (χ3v) is 3.46. The number of hydrogen-bond acceptors (Lipinski definition) is 3. The number of nitrogens with one attached hydrogen (secondary N) is 1. The van der Waals surface area contributed by atoms with Crippen molar-refractivity contribution in [2.45, 2.75) is 51.2 Å². The standard InChI is InChI=1S/C15H24N2O/c1-2-7-17-14(11-15-6-4-9-18-15)10-13-5-3-8-16-12-13/h3,5,8,12,14-15,17H,2,4,6-7,9-11H2,1H3. The molecule has 1 saturated heterocycles. The van der Waals surface area contributed by atoms with Crippen LogP contribution in [0.1, 0.15) is 38.2 Å². The molecule has 0 aromatic carbocycles. The Bertz CT molecular complexity index is 323. The predicted octanol–water partition coefficient (Wildman–Crippen LogP) is 2.56. The van der Waals surface area contributed by atoms with Crippen LogP contribution in [0, 0.1) is 0 Å². The molecule has 1 aliphatic heterocycles.